The zero-order chi connectivity index (χ0) is 13.0. The van der Waals surface area contributed by atoms with E-state index in [9.17, 15) is 8.78 Å². The first-order valence-electron chi connectivity index (χ1n) is 5.96. The van der Waals surface area contributed by atoms with Crippen molar-refractivity contribution >= 4 is 0 Å². The van der Waals surface area contributed by atoms with Crippen LogP contribution in [0.3, 0.4) is 0 Å². The number of halogens is 2. The Kier molecular flexibility index (Phi) is 4.24. The van der Waals surface area contributed by atoms with Crippen LogP contribution in [0.4, 0.5) is 8.78 Å². The monoisotopic (exact) mass is 251 g/mol. The zero-order valence-corrected chi connectivity index (χ0v) is 9.94. The highest BCUT2D eigenvalue weighted by Crippen LogP contribution is 2.29. The molecule has 2 rings (SSSR count). The van der Waals surface area contributed by atoms with Crippen LogP contribution in [-0.4, -0.2) is 37.5 Å². The Labute approximate surface area is 105 Å². The fourth-order valence-electron chi connectivity index (χ4n) is 2.31. The molecule has 0 radical (unpaired) electrons. The van der Waals surface area contributed by atoms with E-state index < -0.39 is 12.5 Å². The van der Waals surface area contributed by atoms with Gasteiger partial charge in [0.2, 0.25) is 0 Å². The molecule has 1 saturated heterocycles. The van der Waals surface area contributed by atoms with E-state index in [-0.39, 0.29) is 0 Å². The van der Waals surface area contributed by atoms with Crippen molar-refractivity contribution in [2.24, 2.45) is 0 Å². The third-order valence-corrected chi connectivity index (χ3v) is 3.18. The number of nitrogens with one attached hydrogen (secondary N) is 1. The van der Waals surface area contributed by atoms with Gasteiger partial charge in [-0.1, -0.05) is 18.2 Å². The number of benzene rings is 1. The molecule has 1 aliphatic rings. The Morgan fingerprint density at radius 1 is 1.22 bits per heavy atom. The molecule has 3 nitrogen and oxygen atoms in total. The molecular formula is C13H15F2N3. The van der Waals surface area contributed by atoms with Crippen molar-refractivity contribution in [3.63, 3.8) is 0 Å². The smallest absolute Gasteiger partial charge is 0.258 e. The lowest BCUT2D eigenvalue weighted by Crippen LogP contribution is -2.47. The summed E-state index contributed by atoms with van der Waals surface area (Å²) in [4.78, 5) is 1.75. The van der Waals surface area contributed by atoms with Crippen molar-refractivity contribution in [2.75, 3.05) is 26.2 Å². The van der Waals surface area contributed by atoms with Crippen LogP contribution in [-0.2, 0) is 0 Å². The van der Waals surface area contributed by atoms with Gasteiger partial charge in [0.05, 0.1) is 17.7 Å². The van der Waals surface area contributed by atoms with Crippen LogP contribution in [0, 0.1) is 11.3 Å². The molecule has 1 fully saturated rings. The first-order valence-corrected chi connectivity index (χ1v) is 5.96. The maximum atomic E-state index is 13.3. The third-order valence-electron chi connectivity index (χ3n) is 3.18. The summed E-state index contributed by atoms with van der Waals surface area (Å²) < 4.78 is 26.6. The minimum Gasteiger partial charge on any atom is -0.314 e. The summed E-state index contributed by atoms with van der Waals surface area (Å²) in [5, 5.41) is 12.2. The van der Waals surface area contributed by atoms with Crippen molar-refractivity contribution < 1.29 is 8.78 Å². The predicted octanol–water partition coefficient (Wildman–Crippen LogP) is 1.77. The van der Waals surface area contributed by atoms with Gasteiger partial charge in [0.25, 0.3) is 6.43 Å². The van der Waals surface area contributed by atoms with Crippen LogP contribution in [0.1, 0.15) is 17.2 Å². The fraction of sp³-hybridized carbons (Fsp3) is 0.462. The molecule has 1 aromatic carbocycles. The molecule has 5 heteroatoms. The van der Waals surface area contributed by atoms with E-state index in [4.69, 9.17) is 5.26 Å². The SMILES string of the molecule is N#Cc1ccccc1[C@@H](C(F)F)N1CCNCC1. The lowest BCUT2D eigenvalue weighted by molar-refractivity contribution is 0.0180. The lowest BCUT2D eigenvalue weighted by Gasteiger charge is -2.34. The van der Waals surface area contributed by atoms with Gasteiger partial charge in [0.15, 0.2) is 0 Å². The first kappa shape index (κ1) is 12.9. The number of alkyl halides is 2. The van der Waals surface area contributed by atoms with Crippen molar-refractivity contribution in [2.45, 2.75) is 12.5 Å². The van der Waals surface area contributed by atoms with Crippen LogP contribution < -0.4 is 5.32 Å². The van der Waals surface area contributed by atoms with Gasteiger partial charge >= 0.3 is 0 Å². The zero-order valence-electron chi connectivity index (χ0n) is 9.94. The minimum absolute atomic E-state index is 0.335. The van der Waals surface area contributed by atoms with Crippen molar-refractivity contribution in [3.8, 4) is 6.07 Å². The second-order valence-corrected chi connectivity index (χ2v) is 4.26. The molecule has 0 aromatic heterocycles. The van der Waals surface area contributed by atoms with E-state index in [0.29, 0.717) is 37.3 Å². The Bertz CT molecular complexity index is 436. The van der Waals surface area contributed by atoms with Crippen molar-refractivity contribution in [1.29, 1.82) is 5.26 Å². The van der Waals surface area contributed by atoms with Crippen molar-refractivity contribution in [1.82, 2.24) is 10.2 Å². The van der Waals surface area contributed by atoms with Gasteiger partial charge in [0, 0.05) is 26.2 Å². The number of nitriles is 1. The summed E-state index contributed by atoms with van der Waals surface area (Å²) in [5.74, 6) is 0. The van der Waals surface area contributed by atoms with Gasteiger partial charge in [0.1, 0.15) is 0 Å². The first-order chi connectivity index (χ1) is 8.74. The molecule has 1 aromatic rings. The Morgan fingerprint density at radius 3 is 2.50 bits per heavy atom. The normalized spacial score (nSPS) is 18.6. The maximum Gasteiger partial charge on any atom is 0.258 e. The van der Waals surface area contributed by atoms with E-state index >= 15 is 0 Å². The quantitative estimate of drug-likeness (QED) is 0.890. The van der Waals surface area contributed by atoms with Gasteiger partial charge in [-0.15, -0.1) is 0 Å². The van der Waals surface area contributed by atoms with Gasteiger partial charge in [-0.2, -0.15) is 5.26 Å². The molecule has 0 saturated carbocycles. The Morgan fingerprint density at radius 2 is 1.89 bits per heavy atom. The number of hydrogen-bond donors (Lipinski definition) is 1. The third kappa shape index (κ3) is 2.66. The molecule has 96 valence electrons. The Hall–Kier alpha value is -1.51. The molecule has 1 atom stereocenters. The second-order valence-electron chi connectivity index (χ2n) is 4.26. The molecular weight excluding hydrogens is 236 g/mol. The van der Waals surface area contributed by atoms with E-state index in [0.717, 1.165) is 0 Å². The fourth-order valence-corrected chi connectivity index (χ4v) is 2.31. The molecule has 0 aliphatic carbocycles. The van der Waals surface area contributed by atoms with Gasteiger partial charge < -0.3 is 5.32 Å². The molecule has 1 heterocycles. The average molecular weight is 251 g/mol. The van der Waals surface area contributed by atoms with E-state index in [2.05, 4.69) is 5.32 Å². The summed E-state index contributed by atoms with van der Waals surface area (Å²) in [5.41, 5.74) is 0.762. The number of nitrogens with zero attached hydrogens (tertiary/aromatic N) is 2. The summed E-state index contributed by atoms with van der Waals surface area (Å²) in [7, 11) is 0. The van der Waals surface area contributed by atoms with E-state index in [1.54, 1.807) is 29.2 Å². The molecule has 18 heavy (non-hydrogen) atoms. The lowest BCUT2D eigenvalue weighted by atomic mass is 9.99. The van der Waals surface area contributed by atoms with Gasteiger partial charge in [-0.05, 0) is 11.6 Å². The van der Waals surface area contributed by atoms with Gasteiger partial charge in [-0.3, -0.25) is 4.90 Å². The highest BCUT2D eigenvalue weighted by molar-refractivity contribution is 5.39. The summed E-state index contributed by atoms with van der Waals surface area (Å²) in [6, 6.07) is 7.62. The Balaban J connectivity index is 2.32. The van der Waals surface area contributed by atoms with E-state index in [1.165, 1.54) is 0 Å². The molecule has 0 spiro atoms. The summed E-state index contributed by atoms with van der Waals surface area (Å²) >= 11 is 0. The summed E-state index contributed by atoms with van der Waals surface area (Å²) in [6.07, 6.45) is -2.49. The maximum absolute atomic E-state index is 13.3. The van der Waals surface area contributed by atoms with Gasteiger partial charge in [-0.25, -0.2) is 8.78 Å². The molecule has 0 amide bonds. The van der Waals surface area contributed by atoms with Crippen molar-refractivity contribution in [3.05, 3.63) is 35.4 Å². The highest BCUT2D eigenvalue weighted by atomic mass is 19.3. The highest BCUT2D eigenvalue weighted by Gasteiger charge is 2.31. The number of rotatable bonds is 3. The second kappa shape index (κ2) is 5.89. The molecule has 0 unspecified atom stereocenters. The predicted molar refractivity (Wildman–Crippen MR) is 64.3 cm³/mol. The molecule has 1 aliphatic heterocycles. The van der Waals surface area contributed by atoms with Crippen LogP contribution in [0.5, 0.6) is 0 Å². The molecule has 1 N–H and O–H groups in total. The van der Waals surface area contributed by atoms with Crippen LogP contribution in [0.25, 0.3) is 0 Å². The largest absolute Gasteiger partial charge is 0.314 e. The number of hydrogen-bond acceptors (Lipinski definition) is 3. The average Bonchev–Trinajstić information content (AvgIpc) is 2.40. The van der Waals surface area contributed by atoms with Crippen LogP contribution in [0.2, 0.25) is 0 Å². The molecule has 0 bridgehead atoms. The standard InChI is InChI=1S/C13H15F2N3/c14-13(15)12(18-7-5-17-6-8-18)11-4-2-1-3-10(11)9-16/h1-4,12-13,17H,5-8H2/t12-/m0/s1. The van der Waals surface area contributed by atoms with Crippen LogP contribution >= 0.6 is 0 Å². The summed E-state index contributed by atoms with van der Waals surface area (Å²) in [6.45, 7) is 2.57. The minimum atomic E-state index is -2.49. The van der Waals surface area contributed by atoms with E-state index in [1.807, 2.05) is 6.07 Å². The van der Waals surface area contributed by atoms with Crippen LogP contribution in [0.15, 0.2) is 24.3 Å². The topological polar surface area (TPSA) is 39.1 Å². The number of piperazine rings is 1.